The second-order valence-electron chi connectivity index (χ2n) is 5.56. The summed E-state index contributed by atoms with van der Waals surface area (Å²) in [5.41, 5.74) is -0.140. The first kappa shape index (κ1) is 17.9. The van der Waals surface area contributed by atoms with E-state index in [4.69, 9.17) is 18.6 Å². The van der Waals surface area contributed by atoms with Crippen LogP contribution in [0.3, 0.4) is 0 Å². The largest absolute Gasteiger partial charge is 0.496 e. The van der Waals surface area contributed by atoms with E-state index in [9.17, 15) is 4.79 Å². The fourth-order valence-corrected chi connectivity index (χ4v) is 2.33. The molecule has 5 nitrogen and oxygen atoms in total. The SMILES string of the molecule is CC/C=C/CCOc1c(OC(C)C)c2c(OC)cccc2oc1=O. The molecule has 1 aromatic carbocycles. The first-order valence-corrected chi connectivity index (χ1v) is 8.16. The van der Waals surface area contributed by atoms with Gasteiger partial charge < -0.3 is 18.6 Å². The van der Waals surface area contributed by atoms with E-state index in [1.54, 1.807) is 25.3 Å². The van der Waals surface area contributed by atoms with Crippen LogP contribution in [0.5, 0.6) is 17.2 Å². The van der Waals surface area contributed by atoms with Crippen LogP contribution in [0.25, 0.3) is 11.0 Å². The quantitative estimate of drug-likeness (QED) is 0.409. The van der Waals surface area contributed by atoms with E-state index in [1.165, 1.54) is 0 Å². The predicted octanol–water partition coefficient (Wildman–Crippen LogP) is 4.32. The van der Waals surface area contributed by atoms with Crippen LogP contribution in [0.1, 0.15) is 33.6 Å². The summed E-state index contributed by atoms with van der Waals surface area (Å²) in [6, 6.07) is 5.27. The van der Waals surface area contributed by atoms with Crippen LogP contribution in [0.2, 0.25) is 0 Å². The van der Waals surface area contributed by atoms with Crippen molar-refractivity contribution in [1.29, 1.82) is 0 Å². The van der Waals surface area contributed by atoms with Crippen molar-refractivity contribution >= 4 is 11.0 Å². The molecule has 0 saturated carbocycles. The maximum Gasteiger partial charge on any atom is 0.383 e. The van der Waals surface area contributed by atoms with Crippen molar-refractivity contribution in [1.82, 2.24) is 0 Å². The second-order valence-corrected chi connectivity index (χ2v) is 5.56. The Labute approximate surface area is 141 Å². The summed E-state index contributed by atoms with van der Waals surface area (Å²) in [6.07, 6.45) is 5.63. The molecule has 0 aliphatic rings. The lowest BCUT2D eigenvalue weighted by Gasteiger charge is -2.17. The molecule has 24 heavy (non-hydrogen) atoms. The van der Waals surface area contributed by atoms with Gasteiger partial charge in [-0.3, -0.25) is 0 Å². The average Bonchev–Trinajstić information content (AvgIpc) is 2.55. The third kappa shape index (κ3) is 4.10. The monoisotopic (exact) mass is 332 g/mol. The Morgan fingerprint density at radius 3 is 2.67 bits per heavy atom. The maximum atomic E-state index is 12.3. The van der Waals surface area contributed by atoms with Crippen molar-refractivity contribution in [2.75, 3.05) is 13.7 Å². The van der Waals surface area contributed by atoms with Crippen LogP contribution in [0.15, 0.2) is 39.6 Å². The van der Waals surface area contributed by atoms with Crippen molar-refractivity contribution in [2.45, 2.75) is 39.7 Å². The molecule has 0 bridgehead atoms. The molecule has 130 valence electrons. The molecule has 0 N–H and O–H groups in total. The topological polar surface area (TPSA) is 57.9 Å². The highest BCUT2D eigenvalue weighted by Gasteiger charge is 2.21. The van der Waals surface area contributed by atoms with Crippen LogP contribution in [-0.4, -0.2) is 19.8 Å². The van der Waals surface area contributed by atoms with Gasteiger partial charge in [-0.25, -0.2) is 4.79 Å². The summed E-state index contributed by atoms with van der Waals surface area (Å²) >= 11 is 0. The minimum absolute atomic E-state index is 0.0885. The zero-order valence-electron chi connectivity index (χ0n) is 14.6. The zero-order chi connectivity index (χ0) is 17.5. The van der Waals surface area contributed by atoms with Crippen LogP contribution in [-0.2, 0) is 0 Å². The van der Waals surface area contributed by atoms with Gasteiger partial charge in [0.2, 0.25) is 5.75 Å². The van der Waals surface area contributed by atoms with Crippen LogP contribution < -0.4 is 19.8 Å². The van der Waals surface area contributed by atoms with Gasteiger partial charge in [-0.15, -0.1) is 0 Å². The van der Waals surface area contributed by atoms with Crippen molar-refractivity contribution in [3.05, 3.63) is 40.8 Å². The first-order valence-electron chi connectivity index (χ1n) is 8.16. The molecule has 0 aliphatic carbocycles. The number of methoxy groups -OCH3 is 1. The van der Waals surface area contributed by atoms with E-state index in [0.717, 1.165) is 6.42 Å². The molecule has 0 atom stereocenters. The zero-order valence-corrected chi connectivity index (χ0v) is 14.6. The standard InChI is InChI=1S/C19H24O5/c1-5-6-7-8-12-22-18-17(23-13(2)3)16-14(21-4)10-9-11-15(16)24-19(18)20/h6-7,9-11,13H,5,8,12H2,1-4H3/b7-6+. The van der Waals surface area contributed by atoms with Crippen LogP contribution >= 0.6 is 0 Å². The first-order chi connectivity index (χ1) is 11.6. The second kappa shape index (κ2) is 8.43. The lowest BCUT2D eigenvalue weighted by Crippen LogP contribution is -2.14. The van der Waals surface area contributed by atoms with Gasteiger partial charge in [-0.2, -0.15) is 0 Å². The Hall–Kier alpha value is -2.43. The van der Waals surface area contributed by atoms with Gasteiger partial charge in [-0.05, 0) is 38.8 Å². The minimum atomic E-state index is -0.550. The fraction of sp³-hybridized carbons (Fsp3) is 0.421. The Morgan fingerprint density at radius 2 is 2.00 bits per heavy atom. The fourth-order valence-electron chi connectivity index (χ4n) is 2.33. The highest BCUT2D eigenvalue weighted by molar-refractivity contribution is 5.91. The van der Waals surface area contributed by atoms with Gasteiger partial charge in [0, 0.05) is 0 Å². The van der Waals surface area contributed by atoms with Crippen LogP contribution in [0, 0.1) is 0 Å². The number of hydrogen-bond donors (Lipinski definition) is 0. The number of hydrogen-bond acceptors (Lipinski definition) is 5. The minimum Gasteiger partial charge on any atom is -0.496 e. The molecule has 0 fully saturated rings. The predicted molar refractivity (Wildman–Crippen MR) is 94.3 cm³/mol. The molecule has 2 rings (SSSR count). The van der Waals surface area contributed by atoms with Gasteiger partial charge in [0.25, 0.3) is 0 Å². The summed E-state index contributed by atoms with van der Waals surface area (Å²) in [6.45, 7) is 6.22. The lowest BCUT2D eigenvalue weighted by molar-refractivity contribution is 0.218. The van der Waals surface area contributed by atoms with Gasteiger partial charge in [0.15, 0.2) is 5.75 Å². The van der Waals surface area contributed by atoms with Crippen molar-refractivity contribution < 1.29 is 18.6 Å². The van der Waals surface area contributed by atoms with E-state index >= 15 is 0 Å². The summed E-state index contributed by atoms with van der Waals surface area (Å²) in [7, 11) is 1.56. The molecule has 0 radical (unpaired) electrons. The number of benzene rings is 1. The van der Waals surface area contributed by atoms with Crippen LogP contribution in [0.4, 0.5) is 0 Å². The van der Waals surface area contributed by atoms with Gasteiger partial charge >= 0.3 is 5.63 Å². The normalized spacial score (nSPS) is 11.4. The summed E-state index contributed by atoms with van der Waals surface area (Å²) in [5.74, 6) is 1.03. The Morgan fingerprint density at radius 1 is 1.21 bits per heavy atom. The van der Waals surface area contributed by atoms with E-state index in [1.807, 2.05) is 19.9 Å². The molecule has 0 aliphatic heterocycles. The highest BCUT2D eigenvalue weighted by atomic mass is 16.5. The van der Waals surface area contributed by atoms with Crippen molar-refractivity contribution in [2.24, 2.45) is 0 Å². The van der Waals surface area contributed by atoms with Crippen molar-refractivity contribution in [3.63, 3.8) is 0 Å². The number of allylic oxidation sites excluding steroid dienone is 1. The number of ether oxygens (including phenoxy) is 3. The van der Waals surface area contributed by atoms with E-state index in [0.29, 0.717) is 35.5 Å². The van der Waals surface area contributed by atoms with E-state index < -0.39 is 5.63 Å². The average molecular weight is 332 g/mol. The van der Waals surface area contributed by atoms with Gasteiger partial charge in [-0.1, -0.05) is 25.1 Å². The molecular formula is C19H24O5. The molecule has 1 heterocycles. The molecule has 2 aromatic rings. The third-order valence-corrected chi connectivity index (χ3v) is 3.32. The lowest BCUT2D eigenvalue weighted by atomic mass is 10.2. The third-order valence-electron chi connectivity index (χ3n) is 3.32. The highest BCUT2D eigenvalue weighted by Crippen LogP contribution is 2.39. The molecule has 0 spiro atoms. The Kier molecular flexibility index (Phi) is 6.29. The van der Waals surface area contributed by atoms with E-state index in [-0.39, 0.29) is 11.9 Å². The van der Waals surface area contributed by atoms with Gasteiger partial charge in [0.05, 0.1) is 19.8 Å². The molecular weight excluding hydrogens is 308 g/mol. The molecule has 1 aromatic heterocycles. The molecule has 0 saturated heterocycles. The number of fused-ring (bicyclic) bond motifs is 1. The Bertz CT molecular complexity index is 758. The maximum absolute atomic E-state index is 12.3. The Balaban J connectivity index is 2.49. The number of rotatable bonds is 8. The van der Waals surface area contributed by atoms with E-state index in [2.05, 4.69) is 13.0 Å². The summed E-state index contributed by atoms with van der Waals surface area (Å²) < 4.78 is 22.3. The molecule has 5 heteroatoms. The van der Waals surface area contributed by atoms with Gasteiger partial charge in [0.1, 0.15) is 16.7 Å². The van der Waals surface area contributed by atoms with Crippen molar-refractivity contribution in [3.8, 4) is 17.2 Å². The smallest absolute Gasteiger partial charge is 0.383 e. The summed E-state index contributed by atoms with van der Waals surface area (Å²) in [4.78, 5) is 12.3. The molecule has 0 unspecified atom stereocenters. The summed E-state index contributed by atoms with van der Waals surface area (Å²) in [5, 5.41) is 0.604. The molecule has 0 amide bonds.